The zero-order valence-electron chi connectivity index (χ0n) is 8.33. The van der Waals surface area contributed by atoms with Crippen LogP contribution in [0.15, 0.2) is 4.42 Å². The van der Waals surface area contributed by atoms with Crippen LogP contribution in [0.3, 0.4) is 0 Å². The average molecular weight is 195 g/mol. The molecule has 0 spiro atoms. The molecule has 0 aliphatic heterocycles. The third kappa shape index (κ3) is 1.52. The van der Waals surface area contributed by atoms with Gasteiger partial charge < -0.3 is 9.52 Å². The van der Waals surface area contributed by atoms with Crippen molar-refractivity contribution in [1.82, 2.24) is 4.98 Å². The summed E-state index contributed by atoms with van der Waals surface area (Å²) in [6, 6.07) is 0. The van der Waals surface area contributed by atoms with E-state index in [1.54, 1.807) is 6.92 Å². The van der Waals surface area contributed by atoms with E-state index in [2.05, 4.69) is 11.9 Å². The van der Waals surface area contributed by atoms with Crippen LogP contribution in [-0.4, -0.2) is 16.1 Å². The molecule has 14 heavy (non-hydrogen) atoms. The molecule has 0 bridgehead atoms. The monoisotopic (exact) mass is 195 g/mol. The van der Waals surface area contributed by atoms with Crippen molar-refractivity contribution in [1.29, 1.82) is 0 Å². The number of carboxylic acid groups (broad SMARTS) is 1. The highest BCUT2D eigenvalue weighted by Crippen LogP contribution is 2.47. The second-order valence-corrected chi connectivity index (χ2v) is 4.16. The van der Waals surface area contributed by atoms with Gasteiger partial charge in [-0.1, -0.05) is 6.92 Å². The Labute approximate surface area is 81.9 Å². The molecule has 1 fully saturated rings. The van der Waals surface area contributed by atoms with Gasteiger partial charge in [-0.2, -0.15) is 0 Å². The van der Waals surface area contributed by atoms with E-state index in [9.17, 15) is 4.79 Å². The number of aryl methyl sites for hydroxylation is 1. The van der Waals surface area contributed by atoms with Gasteiger partial charge in [-0.3, -0.25) is 4.79 Å². The fraction of sp³-hybridized carbons (Fsp3) is 0.600. The Hall–Kier alpha value is -1.32. The summed E-state index contributed by atoms with van der Waals surface area (Å²) in [6.45, 7) is 3.87. The Morgan fingerprint density at radius 2 is 2.29 bits per heavy atom. The van der Waals surface area contributed by atoms with Gasteiger partial charge in [0.25, 0.3) is 0 Å². The molecule has 1 aliphatic carbocycles. The number of carboxylic acids is 1. The van der Waals surface area contributed by atoms with E-state index in [1.807, 2.05) is 0 Å². The lowest BCUT2D eigenvalue weighted by molar-refractivity contribution is -0.136. The van der Waals surface area contributed by atoms with E-state index in [0.29, 0.717) is 17.3 Å². The summed E-state index contributed by atoms with van der Waals surface area (Å²) in [5, 5.41) is 8.63. The molecule has 1 aliphatic rings. The van der Waals surface area contributed by atoms with Gasteiger partial charge in [0, 0.05) is 5.41 Å². The smallest absolute Gasteiger partial charge is 0.311 e. The van der Waals surface area contributed by atoms with Gasteiger partial charge in [0.2, 0.25) is 5.89 Å². The van der Waals surface area contributed by atoms with E-state index in [-0.39, 0.29) is 11.8 Å². The minimum Gasteiger partial charge on any atom is -0.481 e. The highest BCUT2D eigenvalue weighted by Gasteiger charge is 2.44. The van der Waals surface area contributed by atoms with Crippen LogP contribution < -0.4 is 0 Å². The van der Waals surface area contributed by atoms with Crippen molar-refractivity contribution in [2.45, 2.75) is 38.5 Å². The van der Waals surface area contributed by atoms with Crippen molar-refractivity contribution in [3.63, 3.8) is 0 Å². The minimum absolute atomic E-state index is 0.0709. The van der Waals surface area contributed by atoms with Crippen molar-refractivity contribution in [3.05, 3.63) is 17.3 Å². The highest BCUT2D eigenvalue weighted by atomic mass is 16.4. The standard InChI is InChI=1S/C10H13NO3/c1-6-7(5-8(12)13)14-9(11-6)10(2)3-4-10/h3-5H2,1-2H3,(H,12,13). The molecule has 1 heterocycles. The minimum atomic E-state index is -0.878. The number of aromatic nitrogens is 1. The lowest BCUT2D eigenvalue weighted by atomic mass is 10.1. The first-order valence-corrected chi connectivity index (χ1v) is 4.70. The van der Waals surface area contributed by atoms with Crippen LogP contribution in [0.4, 0.5) is 0 Å². The maximum Gasteiger partial charge on any atom is 0.311 e. The largest absolute Gasteiger partial charge is 0.481 e. The van der Waals surface area contributed by atoms with Crippen LogP contribution in [0.25, 0.3) is 0 Å². The Morgan fingerprint density at radius 1 is 1.64 bits per heavy atom. The molecule has 0 amide bonds. The zero-order valence-corrected chi connectivity index (χ0v) is 8.33. The maximum absolute atomic E-state index is 10.5. The van der Waals surface area contributed by atoms with Gasteiger partial charge in [0.1, 0.15) is 12.2 Å². The molecule has 0 radical (unpaired) electrons. The Kier molecular flexibility index (Phi) is 1.87. The Balaban J connectivity index is 2.25. The number of nitrogens with zero attached hydrogens (tertiary/aromatic N) is 1. The fourth-order valence-corrected chi connectivity index (χ4v) is 1.39. The first-order chi connectivity index (χ1) is 6.51. The topological polar surface area (TPSA) is 63.3 Å². The maximum atomic E-state index is 10.5. The number of oxazole rings is 1. The van der Waals surface area contributed by atoms with Crippen LogP contribution in [0, 0.1) is 6.92 Å². The SMILES string of the molecule is Cc1nc(C2(C)CC2)oc1CC(=O)O. The van der Waals surface area contributed by atoms with E-state index in [1.165, 1.54) is 0 Å². The molecule has 2 rings (SSSR count). The zero-order chi connectivity index (χ0) is 10.3. The van der Waals surface area contributed by atoms with E-state index in [4.69, 9.17) is 9.52 Å². The lowest BCUT2D eigenvalue weighted by Gasteiger charge is -1.99. The second kappa shape index (κ2) is 2.83. The summed E-state index contributed by atoms with van der Waals surface area (Å²) in [7, 11) is 0. The lowest BCUT2D eigenvalue weighted by Crippen LogP contribution is -2.00. The number of hydrogen-bond acceptors (Lipinski definition) is 3. The molecule has 76 valence electrons. The number of rotatable bonds is 3. The molecule has 0 saturated heterocycles. The average Bonchev–Trinajstić information content (AvgIpc) is 2.71. The molecule has 4 nitrogen and oxygen atoms in total. The molecule has 1 aromatic rings. The first kappa shape index (κ1) is 9.24. The van der Waals surface area contributed by atoms with Gasteiger partial charge in [-0.05, 0) is 19.8 Å². The summed E-state index contributed by atoms with van der Waals surface area (Å²) >= 11 is 0. The van der Waals surface area contributed by atoms with E-state index in [0.717, 1.165) is 12.8 Å². The van der Waals surface area contributed by atoms with E-state index < -0.39 is 5.97 Å². The summed E-state index contributed by atoms with van der Waals surface area (Å²) in [5.74, 6) is 0.309. The van der Waals surface area contributed by atoms with Crippen LogP contribution in [0.1, 0.15) is 37.1 Å². The summed E-state index contributed by atoms with van der Waals surface area (Å²) in [5.41, 5.74) is 0.775. The van der Waals surface area contributed by atoms with E-state index >= 15 is 0 Å². The van der Waals surface area contributed by atoms with Gasteiger partial charge >= 0.3 is 5.97 Å². The summed E-state index contributed by atoms with van der Waals surface area (Å²) in [4.78, 5) is 14.8. The van der Waals surface area contributed by atoms with Crippen molar-refractivity contribution < 1.29 is 14.3 Å². The normalized spacial score (nSPS) is 18.1. The summed E-state index contributed by atoms with van der Waals surface area (Å²) < 4.78 is 5.46. The van der Waals surface area contributed by atoms with Gasteiger partial charge in [0.15, 0.2) is 0 Å². The molecule has 1 N–H and O–H groups in total. The van der Waals surface area contributed by atoms with Crippen molar-refractivity contribution >= 4 is 5.97 Å². The number of hydrogen-bond donors (Lipinski definition) is 1. The second-order valence-electron chi connectivity index (χ2n) is 4.16. The Morgan fingerprint density at radius 3 is 2.79 bits per heavy atom. The quantitative estimate of drug-likeness (QED) is 0.796. The van der Waals surface area contributed by atoms with Crippen molar-refractivity contribution in [2.75, 3.05) is 0 Å². The van der Waals surface area contributed by atoms with Crippen LogP contribution in [0.5, 0.6) is 0 Å². The Bertz CT molecular complexity index is 377. The van der Waals surface area contributed by atoms with Crippen molar-refractivity contribution in [2.24, 2.45) is 0 Å². The predicted molar refractivity (Wildman–Crippen MR) is 49.2 cm³/mol. The van der Waals surface area contributed by atoms with Crippen LogP contribution >= 0.6 is 0 Å². The van der Waals surface area contributed by atoms with Crippen LogP contribution in [0.2, 0.25) is 0 Å². The third-order valence-electron chi connectivity index (χ3n) is 2.72. The molecule has 0 aromatic carbocycles. The molecule has 1 saturated carbocycles. The fourth-order valence-electron chi connectivity index (χ4n) is 1.39. The van der Waals surface area contributed by atoms with Crippen LogP contribution in [-0.2, 0) is 16.6 Å². The highest BCUT2D eigenvalue weighted by molar-refractivity contribution is 5.69. The molecule has 0 unspecified atom stereocenters. The molecular formula is C10H13NO3. The van der Waals surface area contributed by atoms with Gasteiger partial charge in [-0.15, -0.1) is 0 Å². The number of carbonyl (C=O) groups is 1. The van der Waals surface area contributed by atoms with Crippen molar-refractivity contribution in [3.8, 4) is 0 Å². The molecule has 4 heteroatoms. The third-order valence-corrected chi connectivity index (χ3v) is 2.72. The molecule has 1 aromatic heterocycles. The molecular weight excluding hydrogens is 182 g/mol. The van der Waals surface area contributed by atoms with Gasteiger partial charge in [-0.25, -0.2) is 4.98 Å². The number of aliphatic carboxylic acids is 1. The predicted octanol–water partition coefficient (Wildman–Crippen LogP) is 1.66. The van der Waals surface area contributed by atoms with Gasteiger partial charge in [0.05, 0.1) is 5.69 Å². The first-order valence-electron chi connectivity index (χ1n) is 4.70. The molecule has 0 atom stereocenters. The summed E-state index contributed by atoms with van der Waals surface area (Å²) in [6.07, 6.45) is 2.09.